The summed E-state index contributed by atoms with van der Waals surface area (Å²) in [7, 11) is 0. The van der Waals surface area contributed by atoms with Crippen molar-refractivity contribution in [1.29, 1.82) is 0 Å². The van der Waals surface area contributed by atoms with Crippen molar-refractivity contribution in [2.45, 2.75) is 39.2 Å². The molecule has 2 nitrogen and oxygen atoms in total. The molecule has 13 heavy (non-hydrogen) atoms. The zero-order chi connectivity index (χ0) is 9.94. The highest BCUT2D eigenvalue weighted by atomic mass is 16.5. The van der Waals surface area contributed by atoms with Gasteiger partial charge >= 0.3 is 0 Å². The summed E-state index contributed by atoms with van der Waals surface area (Å²) in [5, 5.41) is 3.36. The van der Waals surface area contributed by atoms with Gasteiger partial charge in [-0.15, -0.1) is 6.58 Å². The first-order chi connectivity index (χ1) is 6.31. The number of rotatable bonds is 9. The van der Waals surface area contributed by atoms with Crippen molar-refractivity contribution in [3.8, 4) is 0 Å². The van der Waals surface area contributed by atoms with Gasteiger partial charge in [-0.25, -0.2) is 0 Å². The van der Waals surface area contributed by atoms with E-state index in [-0.39, 0.29) is 0 Å². The lowest BCUT2D eigenvalue weighted by Gasteiger charge is -2.11. The van der Waals surface area contributed by atoms with Gasteiger partial charge in [0.05, 0.1) is 6.61 Å². The van der Waals surface area contributed by atoms with Gasteiger partial charge in [-0.05, 0) is 19.8 Å². The number of hydrogen-bond donors (Lipinski definition) is 1. The van der Waals surface area contributed by atoms with E-state index >= 15 is 0 Å². The molecule has 1 unspecified atom stereocenters. The fourth-order valence-corrected chi connectivity index (χ4v) is 1.06. The Hall–Kier alpha value is -0.340. The van der Waals surface area contributed by atoms with Crippen LogP contribution >= 0.6 is 0 Å². The van der Waals surface area contributed by atoms with Crippen molar-refractivity contribution in [3.63, 3.8) is 0 Å². The van der Waals surface area contributed by atoms with Gasteiger partial charge in [-0.3, -0.25) is 0 Å². The molecule has 0 spiro atoms. The average molecular weight is 185 g/mol. The molecule has 0 radical (unpaired) electrons. The van der Waals surface area contributed by atoms with E-state index in [2.05, 4.69) is 25.7 Å². The van der Waals surface area contributed by atoms with Crippen molar-refractivity contribution in [3.05, 3.63) is 12.7 Å². The Labute approximate surface area is 82.4 Å². The first-order valence-electron chi connectivity index (χ1n) is 5.23. The van der Waals surface area contributed by atoms with Crippen molar-refractivity contribution in [2.24, 2.45) is 0 Å². The number of unbranched alkanes of at least 4 members (excludes halogenated alkanes) is 1. The third-order valence-corrected chi connectivity index (χ3v) is 1.90. The minimum Gasteiger partial charge on any atom is -0.380 e. The Morgan fingerprint density at radius 3 is 2.85 bits per heavy atom. The van der Waals surface area contributed by atoms with Crippen LogP contribution in [0.25, 0.3) is 0 Å². The number of hydrogen-bond acceptors (Lipinski definition) is 2. The molecule has 0 aromatic heterocycles. The summed E-state index contributed by atoms with van der Waals surface area (Å²) in [6, 6.07) is 0.521. The normalized spacial score (nSPS) is 12.8. The summed E-state index contributed by atoms with van der Waals surface area (Å²) >= 11 is 0. The Bertz CT molecular complexity index is 115. The third-order valence-electron chi connectivity index (χ3n) is 1.90. The molecule has 2 heteroatoms. The van der Waals surface area contributed by atoms with E-state index in [1.54, 1.807) is 0 Å². The maximum atomic E-state index is 5.41. The van der Waals surface area contributed by atoms with Crippen molar-refractivity contribution >= 4 is 0 Å². The summed E-state index contributed by atoms with van der Waals surface area (Å²) in [5.74, 6) is 0. The summed E-state index contributed by atoms with van der Waals surface area (Å²) in [4.78, 5) is 0. The molecule has 0 heterocycles. The standard InChI is InChI=1S/C11H23NO/c1-4-6-9-13-10-8-12-11(3)7-5-2/h5,11-12H,2,4,6-10H2,1,3H3. The van der Waals surface area contributed by atoms with Gasteiger partial charge in [0.1, 0.15) is 0 Å². The Morgan fingerprint density at radius 2 is 2.23 bits per heavy atom. The molecule has 0 aromatic carbocycles. The van der Waals surface area contributed by atoms with E-state index in [1.807, 2.05) is 6.08 Å². The number of nitrogens with one attached hydrogen (secondary N) is 1. The zero-order valence-electron chi connectivity index (χ0n) is 9.01. The van der Waals surface area contributed by atoms with Crippen LogP contribution in [0.15, 0.2) is 12.7 Å². The maximum absolute atomic E-state index is 5.41. The molecule has 78 valence electrons. The first kappa shape index (κ1) is 12.7. The average Bonchev–Trinajstić information content (AvgIpc) is 2.11. The lowest BCUT2D eigenvalue weighted by molar-refractivity contribution is 0.131. The molecule has 0 rings (SSSR count). The van der Waals surface area contributed by atoms with E-state index in [0.29, 0.717) is 6.04 Å². The predicted molar refractivity (Wildman–Crippen MR) is 58.0 cm³/mol. The van der Waals surface area contributed by atoms with Crippen LogP contribution in [-0.2, 0) is 4.74 Å². The van der Waals surface area contributed by atoms with Gasteiger partial charge in [0.15, 0.2) is 0 Å². The first-order valence-corrected chi connectivity index (χ1v) is 5.23. The Morgan fingerprint density at radius 1 is 1.46 bits per heavy atom. The topological polar surface area (TPSA) is 21.3 Å². The fraction of sp³-hybridized carbons (Fsp3) is 0.818. The molecule has 0 amide bonds. The molecule has 0 aliphatic carbocycles. The second-order valence-electron chi connectivity index (χ2n) is 3.35. The monoisotopic (exact) mass is 185 g/mol. The van der Waals surface area contributed by atoms with Crippen LogP contribution in [0.4, 0.5) is 0 Å². The van der Waals surface area contributed by atoms with Crippen LogP contribution in [0.5, 0.6) is 0 Å². The van der Waals surface area contributed by atoms with Crippen LogP contribution in [0.2, 0.25) is 0 Å². The Kier molecular flexibility index (Phi) is 9.49. The molecule has 0 aliphatic rings. The number of ether oxygens (including phenoxy) is 1. The molecular formula is C11H23NO. The highest BCUT2D eigenvalue weighted by Crippen LogP contribution is 1.90. The van der Waals surface area contributed by atoms with Crippen molar-refractivity contribution < 1.29 is 4.74 Å². The summed E-state index contributed by atoms with van der Waals surface area (Å²) in [6.45, 7) is 10.7. The molecule has 1 N–H and O–H groups in total. The minimum atomic E-state index is 0.521. The summed E-state index contributed by atoms with van der Waals surface area (Å²) in [6.07, 6.45) is 5.34. The van der Waals surface area contributed by atoms with Gasteiger partial charge < -0.3 is 10.1 Å². The van der Waals surface area contributed by atoms with Crippen molar-refractivity contribution in [1.82, 2.24) is 5.32 Å². The summed E-state index contributed by atoms with van der Waals surface area (Å²) < 4.78 is 5.41. The van der Waals surface area contributed by atoms with Gasteiger partial charge in [0.2, 0.25) is 0 Å². The van der Waals surface area contributed by atoms with Gasteiger partial charge in [-0.2, -0.15) is 0 Å². The van der Waals surface area contributed by atoms with Gasteiger partial charge in [0.25, 0.3) is 0 Å². The molecule has 0 aliphatic heterocycles. The van der Waals surface area contributed by atoms with Crippen LogP contribution < -0.4 is 5.32 Å². The SMILES string of the molecule is C=CCC(C)NCCOCCCC. The second kappa shape index (κ2) is 9.75. The molecule has 0 bridgehead atoms. The molecule has 0 aromatic rings. The predicted octanol–water partition coefficient (Wildman–Crippen LogP) is 2.36. The smallest absolute Gasteiger partial charge is 0.0591 e. The summed E-state index contributed by atoms with van der Waals surface area (Å²) in [5.41, 5.74) is 0. The molecular weight excluding hydrogens is 162 g/mol. The van der Waals surface area contributed by atoms with E-state index in [0.717, 1.165) is 26.2 Å². The zero-order valence-corrected chi connectivity index (χ0v) is 9.01. The molecule has 1 atom stereocenters. The lowest BCUT2D eigenvalue weighted by atomic mass is 10.2. The molecule has 0 saturated heterocycles. The minimum absolute atomic E-state index is 0.521. The molecule has 0 saturated carbocycles. The highest BCUT2D eigenvalue weighted by molar-refractivity contribution is 4.74. The maximum Gasteiger partial charge on any atom is 0.0591 e. The largest absolute Gasteiger partial charge is 0.380 e. The van der Waals surface area contributed by atoms with Gasteiger partial charge in [-0.1, -0.05) is 19.4 Å². The second-order valence-corrected chi connectivity index (χ2v) is 3.35. The van der Waals surface area contributed by atoms with E-state index in [9.17, 15) is 0 Å². The van der Waals surface area contributed by atoms with E-state index < -0.39 is 0 Å². The fourth-order valence-electron chi connectivity index (χ4n) is 1.06. The van der Waals surface area contributed by atoms with Gasteiger partial charge in [0, 0.05) is 19.2 Å². The lowest BCUT2D eigenvalue weighted by Crippen LogP contribution is -2.29. The Balaban J connectivity index is 3.01. The van der Waals surface area contributed by atoms with Crippen LogP contribution in [0, 0.1) is 0 Å². The molecule has 0 fully saturated rings. The van der Waals surface area contributed by atoms with Crippen LogP contribution in [-0.4, -0.2) is 25.8 Å². The quantitative estimate of drug-likeness (QED) is 0.440. The van der Waals surface area contributed by atoms with Crippen LogP contribution in [0.3, 0.4) is 0 Å². The highest BCUT2D eigenvalue weighted by Gasteiger charge is 1.96. The van der Waals surface area contributed by atoms with E-state index in [4.69, 9.17) is 4.74 Å². The van der Waals surface area contributed by atoms with Crippen molar-refractivity contribution in [2.75, 3.05) is 19.8 Å². The van der Waals surface area contributed by atoms with E-state index in [1.165, 1.54) is 12.8 Å². The third kappa shape index (κ3) is 9.57. The van der Waals surface area contributed by atoms with Crippen LogP contribution in [0.1, 0.15) is 33.1 Å².